The van der Waals surface area contributed by atoms with Gasteiger partial charge in [-0.25, -0.2) is 0 Å². The summed E-state index contributed by atoms with van der Waals surface area (Å²) in [6.45, 7) is 1.87. The summed E-state index contributed by atoms with van der Waals surface area (Å²) in [6, 6.07) is 12.2. The maximum absolute atomic E-state index is 12.7. The van der Waals surface area contributed by atoms with Crippen LogP contribution < -0.4 is 5.32 Å². The van der Waals surface area contributed by atoms with Crippen molar-refractivity contribution in [3.05, 3.63) is 69.3 Å². The Bertz CT molecular complexity index is 1030. The van der Waals surface area contributed by atoms with E-state index in [1.165, 1.54) is 0 Å². The quantitative estimate of drug-likeness (QED) is 0.652. The number of aromatic nitrogens is 1. The van der Waals surface area contributed by atoms with Crippen LogP contribution in [0.5, 0.6) is 0 Å². The van der Waals surface area contributed by atoms with Crippen molar-refractivity contribution in [1.82, 2.24) is 9.88 Å². The lowest BCUT2D eigenvalue weighted by Crippen LogP contribution is -2.28. The molecule has 27 heavy (non-hydrogen) atoms. The summed E-state index contributed by atoms with van der Waals surface area (Å²) < 4.78 is 1.77. The Labute approximate surface area is 166 Å². The van der Waals surface area contributed by atoms with Gasteiger partial charge in [-0.15, -0.1) is 0 Å². The number of nitrogens with one attached hydrogen (secondary N) is 1. The number of amides is 1. The minimum Gasteiger partial charge on any atom is -0.481 e. The van der Waals surface area contributed by atoms with Crippen LogP contribution in [0, 0.1) is 0 Å². The fraction of sp³-hybridized carbons (Fsp3) is 0.200. The average Bonchev–Trinajstić information content (AvgIpc) is 2.96. The van der Waals surface area contributed by atoms with Gasteiger partial charge in [0, 0.05) is 18.0 Å². The highest BCUT2D eigenvalue weighted by Gasteiger charge is 2.18. The second-order valence-corrected chi connectivity index (χ2v) is 7.18. The number of rotatable bonds is 5. The smallest absolute Gasteiger partial charge is 0.307 e. The van der Waals surface area contributed by atoms with Gasteiger partial charge in [0.2, 0.25) is 0 Å². The third-order valence-electron chi connectivity index (χ3n) is 4.53. The number of hydrogen-bond donors (Lipinski definition) is 2. The molecule has 0 aliphatic carbocycles. The number of carboxylic acid groups (broad SMARTS) is 1. The lowest BCUT2D eigenvalue weighted by molar-refractivity contribution is -0.136. The van der Waals surface area contributed by atoms with Crippen LogP contribution in [0.15, 0.2) is 42.5 Å². The first kappa shape index (κ1) is 19.3. The van der Waals surface area contributed by atoms with Gasteiger partial charge in [0.25, 0.3) is 5.91 Å². The SMILES string of the molecule is CC(NC(=O)c1cc2c(Cl)c(Cl)ccc2n1C)c1ccc(CC(=O)O)cc1. The van der Waals surface area contributed by atoms with Crippen LogP contribution in [0.3, 0.4) is 0 Å². The molecule has 0 aliphatic rings. The summed E-state index contributed by atoms with van der Waals surface area (Å²) in [5, 5.41) is 13.4. The van der Waals surface area contributed by atoms with Gasteiger partial charge in [0.15, 0.2) is 0 Å². The van der Waals surface area contributed by atoms with Crippen molar-refractivity contribution in [2.75, 3.05) is 0 Å². The molecule has 1 amide bonds. The van der Waals surface area contributed by atoms with Crippen molar-refractivity contribution < 1.29 is 14.7 Å². The number of carbonyl (C=O) groups is 2. The average molecular weight is 405 g/mol. The Morgan fingerprint density at radius 3 is 2.44 bits per heavy atom. The van der Waals surface area contributed by atoms with E-state index in [2.05, 4.69) is 5.32 Å². The maximum Gasteiger partial charge on any atom is 0.307 e. The number of aryl methyl sites for hydroxylation is 1. The van der Waals surface area contributed by atoms with Crippen LogP contribution in [0.1, 0.15) is 34.6 Å². The zero-order valence-electron chi connectivity index (χ0n) is 14.8. The summed E-state index contributed by atoms with van der Waals surface area (Å²) in [4.78, 5) is 23.5. The minimum atomic E-state index is -0.876. The van der Waals surface area contributed by atoms with E-state index in [9.17, 15) is 9.59 Å². The van der Waals surface area contributed by atoms with Crippen molar-refractivity contribution in [3.63, 3.8) is 0 Å². The molecule has 2 N–H and O–H groups in total. The van der Waals surface area contributed by atoms with Gasteiger partial charge in [-0.3, -0.25) is 9.59 Å². The largest absolute Gasteiger partial charge is 0.481 e. The van der Waals surface area contributed by atoms with E-state index in [1.54, 1.807) is 35.9 Å². The van der Waals surface area contributed by atoms with Gasteiger partial charge >= 0.3 is 5.97 Å². The monoisotopic (exact) mass is 404 g/mol. The Morgan fingerprint density at radius 1 is 1.15 bits per heavy atom. The summed E-state index contributed by atoms with van der Waals surface area (Å²) in [6.07, 6.45) is -0.0275. The van der Waals surface area contributed by atoms with E-state index in [1.807, 2.05) is 25.1 Å². The number of aliphatic carboxylic acids is 1. The molecule has 0 spiro atoms. The summed E-state index contributed by atoms with van der Waals surface area (Å²) in [7, 11) is 1.80. The first-order chi connectivity index (χ1) is 12.8. The summed E-state index contributed by atoms with van der Waals surface area (Å²) in [5.41, 5.74) is 2.89. The van der Waals surface area contributed by atoms with Crippen molar-refractivity contribution in [1.29, 1.82) is 0 Å². The number of hydrogen-bond acceptors (Lipinski definition) is 2. The van der Waals surface area contributed by atoms with Crippen molar-refractivity contribution in [2.24, 2.45) is 7.05 Å². The number of benzene rings is 2. The van der Waals surface area contributed by atoms with Gasteiger partial charge in [-0.05, 0) is 36.2 Å². The maximum atomic E-state index is 12.7. The molecule has 7 heteroatoms. The highest BCUT2D eigenvalue weighted by molar-refractivity contribution is 6.45. The van der Waals surface area contributed by atoms with Gasteiger partial charge in [-0.2, -0.15) is 0 Å². The first-order valence-corrected chi connectivity index (χ1v) is 9.08. The highest BCUT2D eigenvalue weighted by Crippen LogP contribution is 2.32. The molecule has 140 valence electrons. The Hall–Kier alpha value is -2.50. The molecule has 0 fully saturated rings. The Morgan fingerprint density at radius 2 is 1.81 bits per heavy atom. The molecule has 1 unspecified atom stereocenters. The van der Waals surface area contributed by atoms with Crippen LogP contribution in [-0.4, -0.2) is 21.6 Å². The predicted octanol–water partition coefficient (Wildman–Crippen LogP) is 4.60. The lowest BCUT2D eigenvalue weighted by atomic mass is 10.0. The van der Waals surface area contributed by atoms with Crippen LogP contribution >= 0.6 is 23.2 Å². The van der Waals surface area contributed by atoms with E-state index in [0.717, 1.165) is 16.5 Å². The van der Waals surface area contributed by atoms with Crippen LogP contribution in [0.25, 0.3) is 10.9 Å². The Kier molecular flexibility index (Phi) is 5.44. The van der Waals surface area contributed by atoms with Gasteiger partial charge in [0.05, 0.1) is 22.5 Å². The van der Waals surface area contributed by atoms with Crippen LogP contribution in [0.4, 0.5) is 0 Å². The van der Waals surface area contributed by atoms with E-state index in [-0.39, 0.29) is 18.4 Å². The standard InChI is InChI=1S/C20H18Cl2N2O3/c1-11(13-5-3-12(4-6-13)9-18(25)26)23-20(27)17-10-14-16(24(17)2)8-7-15(21)19(14)22/h3-8,10-11H,9H2,1-2H3,(H,23,27)(H,25,26). The van der Waals surface area contributed by atoms with E-state index in [4.69, 9.17) is 28.3 Å². The van der Waals surface area contributed by atoms with Crippen molar-refractivity contribution in [2.45, 2.75) is 19.4 Å². The van der Waals surface area contributed by atoms with E-state index < -0.39 is 5.97 Å². The molecule has 0 saturated heterocycles. The molecule has 5 nitrogen and oxygen atoms in total. The zero-order chi connectivity index (χ0) is 19.7. The normalized spacial score (nSPS) is 12.1. The molecule has 1 atom stereocenters. The molecule has 1 heterocycles. The predicted molar refractivity (Wildman–Crippen MR) is 107 cm³/mol. The number of carbonyl (C=O) groups excluding carboxylic acids is 1. The van der Waals surface area contributed by atoms with Gasteiger partial charge < -0.3 is 15.0 Å². The molecule has 0 aliphatic heterocycles. The number of carboxylic acids is 1. The Balaban J connectivity index is 1.80. The van der Waals surface area contributed by atoms with Gasteiger partial charge in [-0.1, -0.05) is 47.5 Å². The van der Waals surface area contributed by atoms with Crippen LogP contribution in [-0.2, 0) is 18.3 Å². The first-order valence-electron chi connectivity index (χ1n) is 8.33. The molecular weight excluding hydrogens is 387 g/mol. The number of halogens is 2. The molecule has 0 radical (unpaired) electrons. The highest BCUT2D eigenvalue weighted by atomic mass is 35.5. The second-order valence-electron chi connectivity index (χ2n) is 6.39. The van der Waals surface area contributed by atoms with Crippen molar-refractivity contribution in [3.8, 4) is 0 Å². The molecule has 3 rings (SSSR count). The van der Waals surface area contributed by atoms with Gasteiger partial charge in [0.1, 0.15) is 5.69 Å². The molecular formula is C20H18Cl2N2O3. The van der Waals surface area contributed by atoms with E-state index >= 15 is 0 Å². The van der Waals surface area contributed by atoms with Crippen molar-refractivity contribution >= 4 is 46.0 Å². The fourth-order valence-electron chi connectivity index (χ4n) is 3.02. The minimum absolute atomic E-state index is 0.0275. The number of nitrogens with zero attached hydrogens (tertiary/aromatic N) is 1. The summed E-state index contributed by atoms with van der Waals surface area (Å²) in [5.74, 6) is -1.11. The topological polar surface area (TPSA) is 71.3 Å². The molecule has 0 bridgehead atoms. The molecule has 0 saturated carbocycles. The lowest BCUT2D eigenvalue weighted by Gasteiger charge is -2.15. The summed E-state index contributed by atoms with van der Waals surface area (Å²) >= 11 is 12.3. The third kappa shape index (κ3) is 3.94. The molecule has 3 aromatic rings. The number of fused-ring (bicyclic) bond motifs is 1. The van der Waals surface area contributed by atoms with Crippen LogP contribution in [0.2, 0.25) is 10.0 Å². The molecule has 1 aromatic heterocycles. The van der Waals surface area contributed by atoms with E-state index in [0.29, 0.717) is 21.3 Å². The molecule has 2 aromatic carbocycles. The zero-order valence-corrected chi connectivity index (χ0v) is 16.3. The fourth-order valence-corrected chi connectivity index (χ4v) is 3.40. The second kappa shape index (κ2) is 7.62. The third-order valence-corrected chi connectivity index (χ3v) is 5.35.